The summed E-state index contributed by atoms with van der Waals surface area (Å²) in [7, 11) is 1.53. The van der Waals surface area contributed by atoms with Gasteiger partial charge in [-0.1, -0.05) is 12.1 Å². The van der Waals surface area contributed by atoms with Crippen LogP contribution in [0.25, 0.3) is 10.9 Å². The summed E-state index contributed by atoms with van der Waals surface area (Å²) in [5.74, 6) is -0.781. The molecule has 0 unspecified atom stereocenters. The minimum atomic E-state index is -0.995. The number of nitrogens with zero attached hydrogens (tertiary/aromatic N) is 2. The molecule has 2 heterocycles. The molecule has 0 radical (unpaired) electrons. The van der Waals surface area contributed by atoms with Crippen LogP contribution in [0.2, 0.25) is 0 Å². The summed E-state index contributed by atoms with van der Waals surface area (Å²) in [6.07, 6.45) is 3.56. The molecule has 2 aromatic heterocycles. The van der Waals surface area contributed by atoms with Crippen molar-refractivity contribution in [2.45, 2.75) is 13.0 Å². The van der Waals surface area contributed by atoms with Crippen molar-refractivity contribution in [3.05, 3.63) is 94.8 Å². The standard InChI is InChI=1S/C25H21N3O5/c1-33-22-11-16(8-9-26-22)13-28-24(30)18-6-7-21-20(12-18)23(29)19(14-27-21)10-15-2-4-17(5-3-15)25(31)32/h2-9,11-12,14H,10,13H2,1H3,(H,27,29)(H,28,30)(H,31,32). The highest BCUT2D eigenvalue weighted by Crippen LogP contribution is 2.29. The van der Waals surface area contributed by atoms with E-state index in [-0.39, 0.29) is 17.2 Å². The van der Waals surface area contributed by atoms with Gasteiger partial charge in [0.05, 0.1) is 18.2 Å². The van der Waals surface area contributed by atoms with Gasteiger partial charge >= 0.3 is 5.97 Å². The number of carbonyl (C=O) groups excluding carboxylic acids is 1. The highest BCUT2D eigenvalue weighted by atomic mass is 16.5. The number of amides is 1. The van der Waals surface area contributed by atoms with Crippen LogP contribution < -0.4 is 10.1 Å². The third-order valence-corrected chi connectivity index (χ3v) is 5.23. The van der Waals surface area contributed by atoms with Crippen LogP contribution in [0, 0.1) is 0 Å². The van der Waals surface area contributed by atoms with Gasteiger partial charge in [0, 0.05) is 47.9 Å². The van der Waals surface area contributed by atoms with Crippen molar-refractivity contribution >= 4 is 22.8 Å². The molecule has 0 aliphatic rings. The van der Waals surface area contributed by atoms with E-state index in [9.17, 15) is 14.7 Å². The molecular weight excluding hydrogens is 422 g/mol. The van der Waals surface area contributed by atoms with Crippen molar-refractivity contribution in [3.8, 4) is 11.6 Å². The first-order valence-electron chi connectivity index (χ1n) is 10.1. The third kappa shape index (κ3) is 4.90. The molecule has 3 N–H and O–H groups in total. The Labute approximate surface area is 189 Å². The van der Waals surface area contributed by atoms with Crippen molar-refractivity contribution in [1.29, 1.82) is 0 Å². The first-order valence-corrected chi connectivity index (χ1v) is 10.1. The van der Waals surface area contributed by atoms with Crippen LogP contribution in [0.1, 0.15) is 37.4 Å². The molecule has 0 atom stereocenters. The van der Waals surface area contributed by atoms with E-state index in [1.54, 1.807) is 54.9 Å². The number of ether oxygens (including phenoxy) is 1. The van der Waals surface area contributed by atoms with E-state index in [1.807, 2.05) is 0 Å². The number of hydrogen-bond donors (Lipinski definition) is 3. The fraction of sp³-hybridized carbons (Fsp3) is 0.120. The third-order valence-electron chi connectivity index (χ3n) is 5.23. The Morgan fingerprint density at radius 1 is 0.970 bits per heavy atom. The topological polar surface area (TPSA) is 122 Å². The van der Waals surface area contributed by atoms with Crippen molar-refractivity contribution in [1.82, 2.24) is 15.3 Å². The van der Waals surface area contributed by atoms with Crippen LogP contribution in [0.3, 0.4) is 0 Å². The van der Waals surface area contributed by atoms with Gasteiger partial charge in [-0.25, -0.2) is 9.78 Å². The summed E-state index contributed by atoms with van der Waals surface area (Å²) in [6.45, 7) is 0.298. The summed E-state index contributed by atoms with van der Waals surface area (Å²) in [6, 6.07) is 14.9. The molecule has 2 aromatic carbocycles. The smallest absolute Gasteiger partial charge is 0.335 e. The van der Waals surface area contributed by atoms with E-state index in [4.69, 9.17) is 9.84 Å². The van der Waals surface area contributed by atoms with Gasteiger partial charge in [0.15, 0.2) is 0 Å². The van der Waals surface area contributed by atoms with Crippen LogP contribution in [0.4, 0.5) is 0 Å². The maximum Gasteiger partial charge on any atom is 0.335 e. The van der Waals surface area contributed by atoms with E-state index < -0.39 is 5.97 Å². The highest BCUT2D eigenvalue weighted by molar-refractivity contribution is 5.99. The van der Waals surface area contributed by atoms with Crippen LogP contribution in [-0.2, 0) is 13.0 Å². The lowest BCUT2D eigenvalue weighted by atomic mass is 10.0. The SMILES string of the molecule is COc1cc(CNC(=O)c2ccc3ncc(Cc4ccc(C(=O)O)cc4)c(O)c3c2)ccn1. The number of aromatic carboxylic acids is 1. The number of rotatable bonds is 7. The lowest BCUT2D eigenvalue weighted by molar-refractivity contribution is 0.0696. The molecule has 0 aliphatic carbocycles. The number of methoxy groups -OCH3 is 1. The molecule has 4 aromatic rings. The molecular formula is C25H21N3O5. The molecule has 0 fully saturated rings. The molecule has 0 aliphatic heterocycles. The number of carboxylic acids is 1. The Kier molecular flexibility index (Phi) is 6.17. The number of aromatic hydroxyl groups is 1. The van der Waals surface area contributed by atoms with Gasteiger partial charge in [0.25, 0.3) is 5.91 Å². The van der Waals surface area contributed by atoms with E-state index in [0.29, 0.717) is 40.9 Å². The van der Waals surface area contributed by atoms with Gasteiger partial charge in [-0.05, 0) is 47.5 Å². The minimum Gasteiger partial charge on any atom is -0.507 e. The number of benzene rings is 2. The quantitative estimate of drug-likeness (QED) is 0.399. The zero-order valence-electron chi connectivity index (χ0n) is 17.8. The number of carboxylic acid groups (broad SMARTS) is 1. The zero-order chi connectivity index (χ0) is 23.4. The highest BCUT2D eigenvalue weighted by Gasteiger charge is 2.13. The fourth-order valence-corrected chi connectivity index (χ4v) is 3.43. The summed E-state index contributed by atoms with van der Waals surface area (Å²) in [4.78, 5) is 32.1. The van der Waals surface area contributed by atoms with Gasteiger partial charge in [-0.2, -0.15) is 0 Å². The first-order chi connectivity index (χ1) is 15.9. The van der Waals surface area contributed by atoms with Gasteiger partial charge in [0.2, 0.25) is 5.88 Å². The molecule has 0 saturated heterocycles. The molecule has 0 spiro atoms. The number of pyridine rings is 2. The van der Waals surface area contributed by atoms with Gasteiger partial charge < -0.3 is 20.3 Å². The average Bonchev–Trinajstić information content (AvgIpc) is 2.84. The normalized spacial score (nSPS) is 10.7. The second-order valence-electron chi connectivity index (χ2n) is 7.43. The summed E-state index contributed by atoms with van der Waals surface area (Å²) >= 11 is 0. The monoisotopic (exact) mass is 443 g/mol. The average molecular weight is 443 g/mol. The second kappa shape index (κ2) is 9.35. The predicted octanol–water partition coefficient (Wildman–Crippen LogP) is 3.56. The molecule has 0 bridgehead atoms. The molecule has 166 valence electrons. The van der Waals surface area contributed by atoms with E-state index in [2.05, 4.69) is 15.3 Å². The second-order valence-corrected chi connectivity index (χ2v) is 7.43. The van der Waals surface area contributed by atoms with E-state index >= 15 is 0 Å². The number of hydrogen-bond acceptors (Lipinski definition) is 6. The van der Waals surface area contributed by atoms with E-state index in [1.165, 1.54) is 19.2 Å². The maximum absolute atomic E-state index is 12.7. The minimum absolute atomic E-state index is 0.0378. The van der Waals surface area contributed by atoms with Crippen LogP contribution >= 0.6 is 0 Å². The fourth-order valence-electron chi connectivity index (χ4n) is 3.43. The van der Waals surface area contributed by atoms with Crippen molar-refractivity contribution in [3.63, 3.8) is 0 Å². The lowest BCUT2D eigenvalue weighted by Gasteiger charge is -2.10. The Morgan fingerprint density at radius 2 is 1.73 bits per heavy atom. The molecule has 33 heavy (non-hydrogen) atoms. The summed E-state index contributed by atoms with van der Waals surface area (Å²) in [5, 5.41) is 23.2. The van der Waals surface area contributed by atoms with Crippen LogP contribution in [0.15, 0.2) is 67.0 Å². The van der Waals surface area contributed by atoms with Crippen LogP contribution in [-0.4, -0.2) is 39.2 Å². The largest absolute Gasteiger partial charge is 0.507 e. The molecule has 8 nitrogen and oxygen atoms in total. The van der Waals surface area contributed by atoms with Crippen molar-refractivity contribution in [2.24, 2.45) is 0 Å². The summed E-state index contributed by atoms with van der Waals surface area (Å²) in [5.41, 5.74) is 3.40. The van der Waals surface area contributed by atoms with Crippen LogP contribution in [0.5, 0.6) is 11.6 Å². The van der Waals surface area contributed by atoms with Gasteiger partial charge in [-0.3, -0.25) is 9.78 Å². The lowest BCUT2D eigenvalue weighted by Crippen LogP contribution is -2.22. The Bertz CT molecular complexity index is 1340. The predicted molar refractivity (Wildman–Crippen MR) is 122 cm³/mol. The Balaban J connectivity index is 1.54. The molecule has 4 rings (SSSR count). The Hall–Kier alpha value is -4.46. The molecule has 1 amide bonds. The van der Waals surface area contributed by atoms with Gasteiger partial charge in [-0.15, -0.1) is 0 Å². The number of carbonyl (C=O) groups is 2. The van der Waals surface area contributed by atoms with E-state index in [0.717, 1.165) is 11.1 Å². The number of aromatic nitrogens is 2. The molecule has 8 heteroatoms. The zero-order valence-corrected chi connectivity index (χ0v) is 17.8. The Morgan fingerprint density at radius 3 is 2.45 bits per heavy atom. The van der Waals surface area contributed by atoms with Crippen molar-refractivity contribution < 1.29 is 24.5 Å². The maximum atomic E-state index is 12.7. The number of nitrogens with one attached hydrogen (secondary N) is 1. The number of fused-ring (bicyclic) bond motifs is 1. The first kappa shape index (κ1) is 21.8. The van der Waals surface area contributed by atoms with Crippen molar-refractivity contribution in [2.75, 3.05) is 7.11 Å². The molecule has 0 saturated carbocycles. The summed E-state index contributed by atoms with van der Waals surface area (Å²) < 4.78 is 5.09. The van der Waals surface area contributed by atoms with Gasteiger partial charge in [0.1, 0.15) is 5.75 Å².